The van der Waals surface area contributed by atoms with Crippen molar-refractivity contribution in [1.82, 2.24) is 14.9 Å². The second-order valence-corrected chi connectivity index (χ2v) is 8.90. The van der Waals surface area contributed by atoms with E-state index in [9.17, 15) is 0 Å². The van der Waals surface area contributed by atoms with Gasteiger partial charge in [-0.15, -0.1) is 0 Å². The number of rotatable bonds is 11. The Kier molecular flexibility index (Phi) is 9.26. The lowest BCUT2D eigenvalue weighted by atomic mass is 10.1. The van der Waals surface area contributed by atoms with Gasteiger partial charge in [-0.2, -0.15) is 4.99 Å². The number of piperazine rings is 1. The van der Waals surface area contributed by atoms with Crippen molar-refractivity contribution in [3.05, 3.63) is 47.5 Å². The second-order valence-electron chi connectivity index (χ2n) is 8.46. The zero-order valence-corrected chi connectivity index (χ0v) is 21.0. The van der Waals surface area contributed by atoms with E-state index in [4.69, 9.17) is 38.3 Å². The second kappa shape index (κ2) is 12.8. The van der Waals surface area contributed by atoms with E-state index in [0.717, 1.165) is 54.9 Å². The Hall–Kier alpha value is -3.02. The Morgan fingerprint density at radius 1 is 0.917 bits per heavy atom. The monoisotopic (exact) mass is 512 g/mol. The minimum absolute atomic E-state index is 0.0909. The zero-order chi connectivity index (χ0) is 25.3. The normalized spacial score (nSPS) is 14.3. The lowest BCUT2D eigenvalue weighted by Gasteiger charge is -2.36. The van der Waals surface area contributed by atoms with Crippen LogP contribution in [0.15, 0.2) is 47.5 Å². The number of aromatic nitrogens is 2. The Labute approximate surface area is 216 Å². The molecule has 0 unspecified atom stereocenters. The lowest BCUT2D eigenvalue weighted by molar-refractivity contribution is 0.0405. The fourth-order valence-electron chi connectivity index (χ4n) is 4.13. The molecule has 36 heavy (non-hydrogen) atoms. The zero-order valence-electron chi connectivity index (χ0n) is 20.3. The van der Waals surface area contributed by atoms with E-state index in [2.05, 4.69) is 49.0 Å². The standard InChI is InChI=1S/C25H33ClN8O2/c26-19-3-6-22-21(17-19)23(31-25(30-22)32-24(28)29)18-1-4-20(5-2-18)34-10-8-33(9-11-34)12-14-36-16-15-35-13-7-27/h1-6,17H,7-16,27H2,(H4,28,29,30,31,32). The van der Waals surface area contributed by atoms with Crippen molar-refractivity contribution in [2.24, 2.45) is 22.2 Å². The summed E-state index contributed by atoms with van der Waals surface area (Å²) in [6.45, 7) is 7.85. The first-order valence-electron chi connectivity index (χ1n) is 12.0. The number of fused-ring (bicyclic) bond motifs is 1. The molecule has 11 heteroatoms. The van der Waals surface area contributed by atoms with Gasteiger partial charge in [0.15, 0.2) is 5.96 Å². The van der Waals surface area contributed by atoms with Crippen LogP contribution >= 0.6 is 11.6 Å². The first-order chi connectivity index (χ1) is 17.5. The Morgan fingerprint density at radius 2 is 1.64 bits per heavy atom. The number of nitrogens with two attached hydrogens (primary N) is 3. The molecule has 0 aliphatic carbocycles. The van der Waals surface area contributed by atoms with Gasteiger partial charge in [-0.05, 0) is 30.3 Å². The molecule has 0 bridgehead atoms. The summed E-state index contributed by atoms with van der Waals surface area (Å²) in [5.41, 5.74) is 20.1. The van der Waals surface area contributed by atoms with Crippen LogP contribution in [-0.4, -0.2) is 86.5 Å². The molecule has 1 aliphatic heterocycles. The van der Waals surface area contributed by atoms with Gasteiger partial charge in [-0.1, -0.05) is 23.7 Å². The average Bonchev–Trinajstić information content (AvgIpc) is 2.88. The average molecular weight is 513 g/mol. The van der Waals surface area contributed by atoms with Crippen LogP contribution in [-0.2, 0) is 9.47 Å². The maximum Gasteiger partial charge on any atom is 0.253 e. The quantitative estimate of drug-likeness (QED) is 0.200. The third-order valence-electron chi connectivity index (χ3n) is 5.94. The summed E-state index contributed by atoms with van der Waals surface area (Å²) in [6, 6.07) is 13.8. The number of guanidine groups is 1. The molecule has 0 radical (unpaired) electrons. The molecule has 2 heterocycles. The van der Waals surface area contributed by atoms with Crippen LogP contribution in [0.2, 0.25) is 5.02 Å². The van der Waals surface area contributed by atoms with E-state index < -0.39 is 0 Å². The van der Waals surface area contributed by atoms with Crippen LogP contribution in [0.5, 0.6) is 0 Å². The topological polar surface area (TPSA) is 141 Å². The van der Waals surface area contributed by atoms with Crippen LogP contribution in [0.1, 0.15) is 0 Å². The van der Waals surface area contributed by atoms with Crippen molar-refractivity contribution in [2.75, 3.05) is 70.6 Å². The first kappa shape index (κ1) is 26.1. The minimum Gasteiger partial charge on any atom is -0.378 e. The fourth-order valence-corrected chi connectivity index (χ4v) is 4.30. The fraction of sp³-hybridized carbons (Fsp3) is 0.400. The molecule has 1 aromatic heterocycles. The number of ether oxygens (including phenoxy) is 2. The number of benzene rings is 2. The highest BCUT2D eigenvalue weighted by molar-refractivity contribution is 6.31. The number of aliphatic imine (C=N–C) groups is 1. The number of anilines is 1. The van der Waals surface area contributed by atoms with Crippen LogP contribution in [0.4, 0.5) is 11.6 Å². The third-order valence-corrected chi connectivity index (χ3v) is 6.17. The van der Waals surface area contributed by atoms with Gasteiger partial charge in [-0.3, -0.25) is 4.90 Å². The van der Waals surface area contributed by atoms with Crippen molar-refractivity contribution >= 4 is 40.1 Å². The van der Waals surface area contributed by atoms with Crippen molar-refractivity contribution in [3.63, 3.8) is 0 Å². The summed E-state index contributed by atoms with van der Waals surface area (Å²) < 4.78 is 11.0. The van der Waals surface area contributed by atoms with Crippen LogP contribution in [0.25, 0.3) is 22.2 Å². The minimum atomic E-state index is -0.0909. The summed E-state index contributed by atoms with van der Waals surface area (Å²) in [6.07, 6.45) is 0. The summed E-state index contributed by atoms with van der Waals surface area (Å²) in [5.74, 6) is 0.124. The summed E-state index contributed by atoms with van der Waals surface area (Å²) in [4.78, 5) is 17.9. The molecule has 0 saturated carbocycles. The predicted octanol–water partition coefficient (Wildman–Crippen LogP) is 1.97. The Morgan fingerprint density at radius 3 is 2.33 bits per heavy atom. The smallest absolute Gasteiger partial charge is 0.253 e. The molecule has 192 valence electrons. The summed E-state index contributed by atoms with van der Waals surface area (Å²) >= 11 is 6.26. The summed E-state index contributed by atoms with van der Waals surface area (Å²) in [7, 11) is 0. The van der Waals surface area contributed by atoms with Crippen molar-refractivity contribution in [3.8, 4) is 11.3 Å². The van der Waals surface area contributed by atoms with E-state index in [1.54, 1.807) is 6.07 Å². The van der Waals surface area contributed by atoms with Gasteiger partial charge in [0.2, 0.25) is 0 Å². The highest BCUT2D eigenvalue weighted by Gasteiger charge is 2.18. The lowest BCUT2D eigenvalue weighted by Crippen LogP contribution is -2.47. The van der Waals surface area contributed by atoms with Crippen LogP contribution in [0.3, 0.4) is 0 Å². The molecule has 3 aromatic rings. The molecule has 1 saturated heterocycles. The molecular weight excluding hydrogens is 480 g/mol. The summed E-state index contributed by atoms with van der Waals surface area (Å²) in [5, 5.41) is 1.45. The SMILES string of the molecule is NCCOCCOCCN1CCN(c2ccc(-c3nc(N=C(N)N)nc4ccc(Cl)cc34)cc2)CC1. The first-order valence-corrected chi connectivity index (χ1v) is 12.4. The van der Waals surface area contributed by atoms with Gasteiger partial charge in [0.05, 0.1) is 37.6 Å². The molecule has 0 spiro atoms. The van der Waals surface area contributed by atoms with E-state index in [1.807, 2.05) is 12.1 Å². The van der Waals surface area contributed by atoms with Gasteiger partial charge in [0.25, 0.3) is 5.95 Å². The van der Waals surface area contributed by atoms with Gasteiger partial charge in [-0.25, -0.2) is 9.97 Å². The van der Waals surface area contributed by atoms with Crippen molar-refractivity contribution in [1.29, 1.82) is 0 Å². The molecular formula is C25H33ClN8O2. The Bertz CT molecular complexity index is 1160. The molecule has 10 nitrogen and oxygen atoms in total. The van der Waals surface area contributed by atoms with Gasteiger partial charge in [0.1, 0.15) is 0 Å². The maximum absolute atomic E-state index is 6.26. The number of hydrogen-bond donors (Lipinski definition) is 3. The van der Waals surface area contributed by atoms with Crippen molar-refractivity contribution in [2.45, 2.75) is 0 Å². The number of hydrogen-bond acceptors (Lipinski definition) is 8. The van der Waals surface area contributed by atoms with E-state index >= 15 is 0 Å². The highest BCUT2D eigenvalue weighted by Crippen LogP contribution is 2.31. The molecule has 1 aliphatic rings. The maximum atomic E-state index is 6.26. The number of halogens is 1. The van der Waals surface area contributed by atoms with Gasteiger partial charge >= 0.3 is 0 Å². The molecule has 4 rings (SSSR count). The number of nitrogens with zero attached hydrogens (tertiary/aromatic N) is 5. The molecule has 0 amide bonds. The van der Waals surface area contributed by atoms with E-state index in [1.165, 1.54) is 5.69 Å². The van der Waals surface area contributed by atoms with Crippen molar-refractivity contribution < 1.29 is 9.47 Å². The largest absolute Gasteiger partial charge is 0.378 e. The molecule has 2 aromatic carbocycles. The van der Waals surface area contributed by atoms with E-state index in [-0.39, 0.29) is 11.9 Å². The Balaban J connectivity index is 1.37. The highest BCUT2D eigenvalue weighted by atomic mass is 35.5. The molecule has 6 N–H and O–H groups in total. The van der Waals surface area contributed by atoms with E-state index in [0.29, 0.717) is 38.0 Å². The molecule has 1 fully saturated rings. The third kappa shape index (κ3) is 7.02. The van der Waals surface area contributed by atoms with Gasteiger partial charge < -0.3 is 31.6 Å². The van der Waals surface area contributed by atoms with Gasteiger partial charge in [0, 0.05) is 60.9 Å². The van der Waals surface area contributed by atoms with Crippen LogP contribution < -0.4 is 22.1 Å². The molecule has 0 atom stereocenters. The predicted molar refractivity (Wildman–Crippen MR) is 145 cm³/mol. The van der Waals surface area contributed by atoms with Crippen LogP contribution in [0, 0.1) is 0 Å².